The van der Waals surface area contributed by atoms with Gasteiger partial charge in [0.15, 0.2) is 0 Å². The molecule has 2 aliphatic heterocycles. The highest BCUT2D eigenvalue weighted by Crippen LogP contribution is 2.31. The molecule has 0 aliphatic carbocycles. The van der Waals surface area contributed by atoms with Crippen molar-refractivity contribution in [3.8, 4) is 0 Å². The number of amides is 1. The Bertz CT molecular complexity index is 1240. The number of nitrogens with zero attached hydrogens (tertiary/aromatic N) is 5. The van der Waals surface area contributed by atoms with Crippen LogP contribution in [0.3, 0.4) is 0 Å². The topological polar surface area (TPSA) is 72.8 Å². The molecule has 2 aromatic heterocycles. The van der Waals surface area contributed by atoms with Gasteiger partial charge in [-0.15, -0.1) is 0 Å². The van der Waals surface area contributed by atoms with Gasteiger partial charge < -0.3 is 19.8 Å². The minimum atomic E-state index is -0.169. The van der Waals surface area contributed by atoms with Crippen LogP contribution in [0.1, 0.15) is 45.5 Å². The van der Waals surface area contributed by atoms with E-state index in [0.717, 1.165) is 60.7 Å². The van der Waals surface area contributed by atoms with Crippen LogP contribution in [0, 0.1) is 26.7 Å². The lowest BCUT2D eigenvalue weighted by molar-refractivity contribution is 0.0697. The van der Waals surface area contributed by atoms with Gasteiger partial charge in [-0.2, -0.15) is 0 Å². The minimum Gasteiger partial charge on any atom is -0.394 e. The Morgan fingerprint density at radius 2 is 1.61 bits per heavy atom. The fourth-order valence-electron chi connectivity index (χ4n) is 6.24. The van der Waals surface area contributed by atoms with Crippen LogP contribution in [0.25, 0.3) is 0 Å². The maximum Gasteiger partial charge on any atom is 0.254 e. The van der Waals surface area contributed by atoms with E-state index in [2.05, 4.69) is 52.7 Å². The third-order valence-corrected chi connectivity index (χ3v) is 8.35. The first-order valence-electron chi connectivity index (χ1n) is 13.8. The molecule has 0 saturated carbocycles. The quantitative estimate of drug-likeness (QED) is 0.533. The first kappa shape index (κ1) is 26.2. The van der Waals surface area contributed by atoms with Crippen LogP contribution in [0.2, 0.25) is 0 Å². The Hall–Kier alpha value is -3.45. The summed E-state index contributed by atoms with van der Waals surface area (Å²) in [6.07, 6.45) is 6.88. The monoisotopic (exact) mass is 513 g/mol. The number of benzene rings is 1. The molecule has 2 aliphatic rings. The molecule has 7 heteroatoms. The van der Waals surface area contributed by atoms with E-state index < -0.39 is 0 Å². The Kier molecular flexibility index (Phi) is 7.93. The number of aliphatic hydroxyl groups excluding tert-OH is 1. The van der Waals surface area contributed by atoms with Gasteiger partial charge in [-0.25, -0.2) is 9.97 Å². The lowest BCUT2D eigenvalue weighted by Crippen LogP contribution is -2.56. The number of pyridine rings is 2. The largest absolute Gasteiger partial charge is 0.394 e. The Labute approximate surface area is 226 Å². The van der Waals surface area contributed by atoms with Crippen molar-refractivity contribution in [1.29, 1.82) is 0 Å². The molecule has 2 saturated heterocycles. The van der Waals surface area contributed by atoms with Crippen molar-refractivity contribution >= 4 is 17.5 Å². The zero-order valence-corrected chi connectivity index (χ0v) is 22.8. The number of anilines is 2. The summed E-state index contributed by atoms with van der Waals surface area (Å²) in [5, 5.41) is 10.1. The molecule has 0 bridgehead atoms. The van der Waals surface area contributed by atoms with Crippen LogP contribution in [-0.2, 0) is 6.42 Å². The first-order valence-corrected chi connectivity index (χ1v) is 13.8. The van der Waals surface area contributed by atoms with E-state index in [-0.39, 0.29) is 18.6 Å². The number of aromatic nitrogens is 2. The van der Waals surface area contributed by atoms with Crippen LogP contribution >= 0.6 is 0 Å². The maximum absolute atomic E-state index is 13.9. The zero-order chi connectivity index (χ0) is 26.6. The average molecular weight is 514 g/mol. The summed E-state index contributed by atoms with van der Waals surface area (Å²) in [7, 11) is 0. The summed E-state index contributed by atoms with van der Waals surface area (Å²) in [5.41, 5.74) is 5.58. The molecule has 1 atom stereocenters. The number of rotatable bonds is 6. The maximum atomic E-state index is 13.9. The van der Waals surface area contributed by atoms with Gasteiger partial charge in [0, 0.05) is 50.7 Å². The van der Waals surface area contributed by atoms with Gasteiger partial charge in [-0.05, 0) is 92.5 Å². The number of carbonyl (C=O) groups excluding carboxylic acids is 1. The number of piperazine rings is 1. The molecule has 3 aromatic rings. The number of hydrogen-bond acceptors (Lipinski definition) is 6. The molecular formula is C31H39N5O2. The highest BCUT2D eigenvalue weighted by atomic mass is 16.3. The predicted molar refractivity (Wildman–Crippen MR) is 152 cm³/mol. The zero-order valence-electron chi connectivity index (χ0n) is 22.8. The van der Waals surface area contributed by atoms with E-state index in [0.29, 0.717) is 25.6 Å². The first-order chi connectivity index (χ1) is 18.5. The normalized spacial score (nSPS) is 18.6. The van der Waals surface area contributed by atoms with Gasteiger partial charge in [0.05, 0.1) is 12.6 Å². The van der Waals surface area contributed by atoms with E-state index in [1.165, 1.54) is 11.1 Å². The second kappa shape index (κ2) is 11.5. The Morgan fingerprint density at radius 3 is 2.24 bits per heavy atom. The molecule has 4 heterocycles. The predicted octanol–water partition coefficient (Wildman–Crippen LogP) is 4.18. The molecule has 0 radical (unpaired) electrons. The number of hydrogen-bond donors (Lipinski definition) is 1. The van der Waals surface area contributed by atoms with Crippen LogP contribution in [0.5, 0.6) is 0 Å². The number of aryl methyl sites for hydroxylation is 2. The Morgan fingerprint density at radius 1 is 0.921 bits per heavy atom. The second-order valence-electron chi connectivity index (χ2n) is 10.8. The van der Waals surface area contributed by atoms with Gasteiger partial charge in [0.25, 0.3) is 5.91 Å². The standard InChI is InChI=1S/C31H39N5O2/c1-22-18-23(2)30(31(38)35-16-17-36(26(20-35)21-37)29-9-5-7-13-33-29)24(3)27(22)19-25-10-14-34(15-11-25)28-8-4-6-12-32-28/h4-9,12-13,18,25-26,37H,10-11,14-17,19-21H2,1-3H3/t26-/m0/s1. The summed E-state index contributed by atoms with van der Waals surface area (Å²) in [5.74, 6) is 2.58. The smallest absolute Gasteiger partial charge is 0.254 e. The van der Waals surface area contributed by atoms with Crippen molar-refractivity contribution in [2.75, 3.05) is 49.1 Å². The summed E-state index contributed by atoms with van der Waals surface area (Å²) in [6, 6.07) is 13.9. The third-order valence-electron chi connectivity index (χ3n) is 8.35. The molecule has 0 unspecified atom stereocenters. The van der Waals surface area contributed by atoms with E-state index in [4.69, 9.17) is 0 Å². The molecule has 7 nitrogen and oxygen atoms in total. The molecular weight excluding hydrogens is 474 g/mol. The molecule has 5 rings (SSSR count). The summed E-state index contributed by atoms with van der Waals surface area (Å²) in [4.78, 5) is 29.3. The molecule has 200 valence electrons. The van der Waals surface area contributed by atoms with Crippen molar-refractivity contribution in [2.45, 2.75) is 46.1 Å². The molecule has 2 fully saturated rings. The Balaban J connectivity index is 1.30. The van der Waals surface area contributed by atoms with Gasteiger partial charge >= 0.3 is 0 Å². The number of carbonyl (C=O) groups is 1. The van der Waals surface area contributed by atoms with Crippen LogP contribution in [0.4, 0.5) is 11.6 Å². The van der Waals surface area contributed by atoms with Crippen molar-refractivity contribution in [3.63, 3.8) is 0 Å². The lowest BCUT2D eigenvalue weighted by atomic mass is 9.84. The SMILES string of the molecule is Cc1cc(C)c(C(=O)N2CCN(c3ccccn3)[C@H](CO)C2)c(C)c1CC1CCN(c2ccccn2)CC1. The van der Waals surface area contributed by atoms with E-state index >= 15 is 0 Å². The van der Waals surface area contributed by atoms with E-state index in [9.17, 15) is 9.90 Å². The average Bonchev–Trinajstić information content (AvgIpc) is 2.96. The highest BCUT2D eigenvalue weighted by Gasteiger charge is 2.32. The molecule has 1 N–H and O–H groups in total. The molecule has 1 amide bonds. The summed E-state index contributed by atoms with van der Waals surface area (Å²) < 4.78 is 0. The number of aliphatic hydroxyl groups is 1. The van der Waals surface area contributed by atoms with Gasteiger partial charge in [-0.3, -0.25) is 4.79 Å². The van der Waals surface area contributed by atoms with E-state index in [1.807, 2.05) is 41.4 Å². The van der Waals surface area contributed by atoms with Gasteiger partial charge in [-0.1, -0.05) is 18.2 Å². The molecule has 0 spiro atoms. The fraction of sp³-hybridized carbons (Fsp3) is 0.452. The van der Waals surface area contributed by atoms with E-state index in [1.54, 1.807) is 6.20 Å². The lowest BCUT2D eigenvalue weighted by Gasteiger charge is -2.41. The van der Waals surface area contributed by atoms with Crippen molar-refractivity contribution < 1.29 is 9.90 Å². The van der Waals surface area contributed by atoms with Gasteiger partial charge in [0.1, 0.15) is 11.6 Å². The van der Waals surface area contributed by atoms with Crippen molar-refractivity contribution in [1.82, 2.24) is 14.9 Å². The number of piperidine rings is 1. The van der Waals surface area contributed by atoms with Crippen LogP contribution < -0.4 is 9.80 Å². The van der Waals surface area contributed by atoms with Gasteiger partial charge in [0.2, 0.25) is 0 Å². The van der Waals surface area contributed by atoms with Crippen LogP contribution in [0.15, 0.2) is 54.9 Å². The fourth-order valence-corrected chi connectivity index (χ4v) is 6.24. The molecule has 38 heavy (non-hydrogen) atoms. The van der Waals surface area contributed by atoms with Crippen molar-refractivity contribution in [2.24, 2.45) is 5.92 Å². The van der Waals surface area contributed by atoms with Crippen molar-refractivity contribution in [3.05, 3.63) is 82.7 Å². The second-order valence-corrected chi connectivity index (χ2v) is 10.8. The summed E-state index contributed by atoms with van der Waals surface area (Å²) >= 11 is 0. The minimum absolute atomic E-state index is 0.0192. The third kappa shape index (κ3) is 5.39. The van der Waals surface area contributed by atoms with Crippen LogP contribution in [-0.4, -0.2) is 71.3 Å². The highest BCUT2D eigenvalue weighted by molar-refractivity contribution is 5.97. The summed E-state index contributed by atoms with van der Waals surface area (Å²) in [6.45, 7) is 10.1. The molecule has 1 aromatic carbocycles.